The summed E-state index contributed by atoms with van der Waals surface area (Å²) < 4.78 is 24.8. The molecule has 0 aliphatic heterocycles. The van der Waals surface area contributed by atoms with Crippen molar-refractivity contribution in [3.63, 3.8) is 0 Å². The van der Waals surface area contributed by atoms with Gasteiger partial charge in [0.25, 0.3) is 0 Å². The highest BCUT2D eigenvalue weighted by atomic mass is 32.2. The van der Waals surface area contributed by atoms with Gasteiger partial charge in [-0.15, -0.1) is 0 Å². The second-order valence-electron chi connectivity index (χ2n) is 5.10. The molecule has 3 heteroatoms. The van der Waals surface area contributed by atoms with E-state index in [1.54, 1.807) is 18.2 Å². The van der Waals surface area contributed by atoms with Gasteiger partial charge in [0.1, 0.15) is 0 Å². The topological polar surface area (TPSA) is 34.1 Å². The SMILES string of the molecule is O=S(=O)(C/C=C/c1ccccc1)c1ccc2ccccc2c1. The van der Waals surface area contributed by atoms with E-state index in [2.05, 4.69) is 0 Å². The lowest BCUT2D eigenvalue weighted by Crippen LogP contribution is -2.04. The van der Waals surface area contributed by atoms with E-state index in [1.165, 1.54) is 0 Å². The lowest BCUT2D eigenvalue weighted by atomic mass is 10.1. The third kappa shape index (κ3) is 3.26. The quantitative estimate of drug-likeness (QED) is 0.719. The van der Waals surface area contributed by atoms with Crippen molar-refractivity contribution in [1.82, 2.24) is 0 Å². The van der Waals surface area contributed by atoms with Crippen LogP contribution in [0.25, 0.3) is 16.8 Å². The van der Waals surface area contributed by atoms with Crippen molar-refractivity contribution >= 4 is 26.7 Å². The van der Waals surface area contributed by atoms with Gasteiger partial charge in [0, 0.05) is 0 Å². The molecular weight excluding hydrogens is 292 g/mol. The van der Waals surface area contributed by atoms with Crippen LogP contribution in [0.15, 0.2) is 83.8 Å². The van der Waals surface area contributed by atoms with E-state index < -0.39 is 9.84 Å². The van der Waals surface area contributed by atoms with E-state index in [4.69, 9.17) is 0 Å². The lowest BCUT2D eigenvalue weighted by Gasteiger charge is -2.04. The van der Waals surface area contributed by atoms with E-state index in [-0.39, 0.29) is 5.75 Å². The Bertz CT molecular complexity index is 910. The molecule has 0 aliphatic rings. The van der Waals surface area contributed by atoms with Crippen LogP contribution in [-0.4, -0.2) is 14.2 Å². The molecule has 0 saturated heterocycles. The Morgan fingerprint density at radius 1 is 0.773 bits per heavy atom. The molecule has 0 saturated carbocycles. The Hall–Kier alpha value is -2.39. The van der Waals surface area contributed by atoms with E-state index >= 15 is 0 Å². The summed E-state index contributed by atoms with van der Waals surface area (Å²) in [6, 6.07) is 22.7. The molecule has 0 fully saturated rings. The van der Waals surface area contributed by atoms with Crippen LogP contribution in [0, 0.1) is 0 Å². The molecule has 0 aliphatic carbocycles. The van der Waals surface area contributed by atoms with Gasteiger partial charge >= 0.3 is 0 Å². The van der Waals surface area contributed by atoms with Crippen LogP contribution >= 0.6 is 0 Å². The minimum absolute atomic E-state index is 0.000233. The molecule has 22 heavy (non-hydrogen) atoms. The van der Waals surface area contributed by atoms with Crippen molar-refractivity contribution in [1.29, 1.82) is 0 Å². The summed E-state index contributed by atoms with van der Waals surface area (Å²) >= 11 is 0. The third-order valence-corrected chi connectivity index (χ3v) is 5.11. The molecule has 0 heterocycles. The van der Waals surface area contributed by atoms with Crippen LogP contribution in [0.4, 0.5) is 0 Å². The van der Waals surface area contributed by atoms with Gasteiger partial charge in [-0.3, -0.25) is 0 Å². The summed E-state index contributed by atoms with van der Waals surface area (Å²) in [4.78, 5) is 0.365. The molecule has 0 unspecified atom stereocenters. The minimum Gasteiger partial charge on any atom is -0.223 e. The zero-order valence-corrected chi connectivity index (χ0v) is 12.8. The second kappa shape index (κ2) is 6.16. The van der Waals surface area contributed by atoms with Gasteiger partial charge in [0.05, 0.1) is 10.6 Å². The summed E-state index contributed by atoms with van der Waals surface area (Å²) in [7, 11) is -3.31. The lowest BCUT2D eigenvalue weighted by molar-refractivity contribution is 0.599. The van der Waals surface area contributed by atoms with Gasteiger partial charge in [-0.05, 0) is 28.5 Å². The second-order valence-corrected chi connectivity index (χ2v) is 7.14. The molecule has 2 nitrogen and oxygen atoms in total. The number of fused-ring (bicyclic) bond motifs is 1. The Kier molecular flexibility index (Phi) is 4.07. The van der Waals surface area contributed by atoms with E-state index in [0.29, 0.717) is 4.90 Å². The van der Waals surface area contributed by atoms with Crippen LogP contribution in [0.2, 0.25) is 0 Å². The zero-order chi connectivity index (χ0) is 15.4. The van der Waals surface area contributed by atoms with Crippen molar-refractivity contribution in [3.8, 4) is 0 Å². The van der Waals surface area contributed by atoms with Crippen LogP contribution in [0.5, 0.6) is 0 Å². The number of rotatable bonds is 4. The fraction of sp³-hybridized carbons (Fsp3) is 0.0526. The van der Waals surface area contributed by atoms with Crippen LogP contribution in [0.3, 0.4) is 0 Å². The number of benzene rings is 3. The molecule has 3 aromatic rings. The molecule has 0 atom stereocenters. The van der Waals surface area contributed by atoms with E-state index in [0.717, 1.165) is 16.3 Å². The molecule has 3 rings (SSSR count). The zero-order valence-electron chi connectivity index (χ0n) is 12.0. The highest BCUT2D eigenvalue weighted by Crippen LogP contribution is 2.20. The predicted molar refractivity (Wildman–Crippen MR) is 91.5 cm³/mol. The average Bonchev–Trinajstić information content (AvgIpc) is 2.55. The number of hydrogen-bond acceptors (Lipinski definition) is 2. The van der Waals surface area contributed by atoms with Gasteiger partial charge in [0.2, 0.25) is 0 Å². The molecule has 110 valence electrons. The fourth-order valence-electron chi connectivity index (χ4n) is 2.33. The first-order valence-corrected chi connectivity index (χ1v) is 8.73. The fourth-order valence-corrected chi connectivity index (χ4v) is 3.46. The molecule has 0 bridgehead atoms. The van der Waals surface area contributed by atoms with Crippen LogP contribution < -0.4 is 0 Å². The normalized spacial score (nSPS) is 12.0. The van der Waals surface area contributed by atoms with Crippen LogP contribution in [-0.2, 0) is 9.84 Å². The molecular formula is C19H16O2S. The number of sulfone groups is 1. The van der Waals surface area contributed by atoms with E-state index in [9.17, 15) is 8.42 Å². The molecule has 0 aromatic heterocycles. The summed E-state index contributed by atoms with van der Waals surface area (Å²) in [5.41, 5.74) is 0.996. The average molecular weight is 308 g/mol. The largest absolute Gasteiger partial charge is 0.223 e. The molecule has 3 aromatic carbocycles. The summed E-state index contributed by atoms with van der Waals surface area (Å²) in [6.07, 6.45) is 3.53. The first-order valence-electron chi connectivity index (χ1n) is 7.08. The monoisotopic (exact) mass is 308 g/mol. The predicted octanol–water partition coefficient (Wildman–Crippen LogP) is 4.33. The minimum atomic E-state index is -3.31. The number of hydrogen-bond donors (Lipinski definition) is 0. The molecule has 0 spiro atoms. The Balaban J connectivity index is 1.83. The highest BCUT2D eigenvalue weighted by molar-refractivity contribution is 7.91. The van der Waals surface area contributed by atoms with Crippen molar-refractivity contribution in [2.24, 2.45) is 0 Å². The van der Waals surface area contributed by atoms with Crippen molar-refractivity contribution in [2.45, 2.75) is 4.90 Å². The Labute approximate surface area is 130 Å². The van der Waals surface area contributed by atoms with Gasteiger partial charge in [-0.2, -0.15) is 0 Å². The third-order valence-electron chi connectivity index (χ3n) is 3.51. The maximum atomic E-state index is 12.4. The maximum absolute atomic E-state index is 12.4. The molecule has 0 N–H and O–H groups in total. The Morgan fingerprint density at radius 3 is 2.23 bits per heavy atom. The van der Waals surface area contributed by atoms with E-state index in [1.807, 2.05) is 66.7 Å². The molecule has 0 amide bonds. The summed E-state index contributed by atoms with van der Waals surface area (Å²) in [6.45, 7) is 0. The van der Waals surface area contributed by atoms with Crippen molar-refractivity contribution in [3.05, 3.63) is 84.4 Å². The van der Waals surface area contributed by atoms with Gasteiger partial charge in [-0.25, -0.2) is 8.42 Å². The van der Waals surface area contributed by atoms with Gasteiger partial charge in [0.15, 0.2) is 9.84 Å². The van der Waals surface area contributed by atoms with Crippen molar-refractivity contribution in [2.75, 3.05) is 5.75 Å². The maximum Gasteiger partial charge on any atom is 0.181 e. The standard InChI is InChI=1S/C19H16O2S/c20-22(21,14-6-9-16-7-2-1-3-8-16)19-13-12-17-10-4-5-11-18(17)15-19/h1-13,15H,14H2/b9-6+. The smallest absolute Gasteiger partial charge is 0.181 e. The first-order chi connectivity index (χ1) is 10.6. The van der Waals surface area contributed by atoms with Gasteiger partial charge < -0.3 is 0 Å². The first kappa shape index (κ1) is 14.5. The summed E-state index contributed by atoms with van der Waals surface area (Å²) in [5, 5.41) is 1.98. The van der Waals surface area contributed by atoms with Crippen LogP contribution in [0.1, 0.15) is 5.56 Å². The van der Waals surface area contributed by atoms with Crippen molar-refractivity contribution < 1.29 is 8.42 Å². The molecule has 0 radical (unpaired) electrons. The highest BCUT2D eigenvalue weighted by Gasteiger charge is 2.12. The summed E-state index contributed by atoms with van der Waals surface area (Å²) in [5.74, 6) is 0.000233. The Morgan fingerprint density at radius 2 is 1.45 bits per heavy atom. The van der Waals surface area contributed by atoms with Gasteiger partial charge in [-0.1, -0.05) is 72.8 Å².